The quantitative estimate of drug-likeness (QED) is 0.750. The molecule has 2 rings (SSSR count). The highest BCUT2D eigenvalue weighted by molar-refractivity contribution is 5.85. The van der Waals surface area contributed by atoms with E-state index in [1.807, 2.05) is 6.92 Å². The molecule has 1 atom stereocenters. The van der Waals surface area contributed by atoms with Gasteiger partial charge in [0.1, 0.15) is 5.75 Å². The van der Waals surface area contributed by atoms with E-state index in [-0.39, 0.29) is 35.5 Å². The van der Waals surface area contributed by atoms with E-state index >= 15 is 0 Å². The molecule has 0 aromatic heterocycles. The molecule has 1 saturated carbocycles. The number of ether oxygens (including phenoxy) is 1. The molecule has 1 aromatic carbocycles. The van der Waals surface area contributed by atoms with Gasteiger partial charge in [0.05, 0.1) is 6.04 Å². The molecule has 0 spiro atoms. The van der Waals surface area contributed by atoms with Gasteiger partial charge in [0, 0.05) is 6.42 Å². The van der Waals surface area contributed by atoms with Crippen LogP contribution in [0, 0.1) is 5.41 Å². The maximum atomic E-state index is 12.4. The van der Waals surface area contributed by atoms with Gasteiger partial charge < -0.3 is 15.8 Å². The van der Waals surface area contributed by atoms with Crippen LogP contribution in [0.15, 0.2) is 24.3 Å². The minimum absolute atomic E-state index is 0. The van der Waals surface area contributed by atoms with Crippen molar-refractivity contribution in [1.82, 2.24) is 5.32 Å². The third kappa shape index (κ3) is 6.44. The van der Waals surface area contributed by atoms with Gasteiger partial charge in [-0.05, 0) is 49.4 Å². The lowest BCUT2D eigenvalue weighted by Gasteiger charge is -2.36. The van der Waals surface area contributed by atoms with Crippen molar-refractivity contribution < 1.29 is 18.3 Å². The van der Waals surface area contributed by atoms with Gasteiger partial charge in [0.25, 0.3) is 0 Å². The molecule has 0 radical (unpaired) electrons. The molecule has 0 bridgehead atoms. The molecule has 4 nitrogen and oxygen atoms in total. The molecule has 1 amide bonds. The van der Waals surface area contributed by atoms with Crippen LogP contribution in [0.3, 0.4) is 0 Å². The van der Waals surface area contributed by atoms with Crippen molar-refractivity contribution in [3.05, 3.63) is 29.8 Å². The normalized spacial score (nSPS) is 17.5. The molecule has 1 unspecified atom stereocenters. The Kier molecular flexibility index (Phi) is 8.59. The minimum atomic E-state index is -2.84. The van der Waals surface area contributed by atoms with E-state index in [2.05, 4.69) is 10.1 Å². The maximum Gasteiger partial charge on any atom is 0.387 e. The molecular weight excluding hydrogens is 350 g/mol. The Bertz CT molecular complexity index is 534. The van der Waals surface area contributed by atoms with Crippen molar-refractivity contribution in [3.8, 4) is 5.75 Å². The van der Waals surface area contributed by atoms with Gasteiger partial charge in [0.15, 0.2) is 0 Å². The predicted octanol–water partition coefficient (Wildman–Crippen LogP) is 4.19. The summed E-state index contributed by atoms with van der Waals surface area (Å²) in [5.74, 6) is 0.0966. The van der Waals surface area contributed by atoms with Crippen LogP contribution in [0.1, 0.15) is 57.1 Å². The highest BCUT2D eigenvalue weighted by Gasteiger charge is 2.33. The highest BCUT2D eigenvalue weighted by atomic mass is 35.5. The van der Waals surface area contributed by atoms with E-state index in [1.54, 1.807) is 12.1 Å². The minimum Gasteiger partial charge on any atom is -0.435 e. The second kappa shape index (κ2) is 9.92. The molecule has 1 fully saturated rings. The zero-order valence-electron chi connectivity index (χ0n) is 14.5. The molecule has 1 aliphatic rings. The first kappa shape index (κ1) is 21.6. The summed E-state index contributed by atoms with van der Waals surface area (Å²) in [6.07, 6.45) is 5.93. The summed E-state index contributed by atoms with van der Waals surface area (Å²) in [6, 6.07) is 6.13. The average molecular weight is 377 g/mol. The SMILES string of the molecule is CC(NC(=O)CC1(CN)CCCCC1)c1ccc(OC(F)F)cc1.Cl. The smallest absolute Gasteiger partial charge is 0.387 e. The lowest BCUT2D eigenvalue weighted by atomic mass is 9.71. The zero-order chi connectivity index (χ0) is 17.6. The van der Waals surface area contributed by atoms with Crippen LogP contribution in [0.5, 0.6) is 5.75 Å². The summed E-state index contributed by atoms with van der Waals surface area (Å²) in [6.45, 7) is -0.429. The van der Waals surface area contributed by atoms with Gasteiger partial charge in [0.2, 0.25) is 5.91 Å². The van der Waals surface area contributed by atoms with Crippen LogP contribution < -0.4 is 15.8 Å². The fourth-order valence-electron chi connectivity index (χ4n) is 3.41. The average Bonchev–Trinajstić information content (AvgIpc) is 2.55. The van der Waals surface area contributed by atoms with Gasteiger partial charge in [-0.25, -0.2) is 0 Å². The molecule has 142 valence electrons. The monoisotopic (exact) mass is 376 g/mol. The third-order valence-corrected chi connectivity index (χ3v) is 4.87. The Balaban J connectivity index is 0.00000312. The summed E-state index contributed by atoms with van der Waals surface area (Å²) in [5.41, 5.74) is 6.70. The number of hydrogen-bond acceptors (Lipinski definition) is 3. The van der Waals surface area contributed by atoms with E-state index in [0.717, 1.165) is 31.2 Å². The number of benzene rings is 1. The van der Waals surface area contributed by atoms with Crippen molar-refractivity contribution in [3.63, 3.8) is 0 Å². The van der Waals surface area contributed by atoms with Crippen molar-refractivity contribution in [2.24, 2.45) is 11.1 Å². The van der Waals surface area contributed by atoms with Crippen LogP contribution in [0.4, 0.5) is 8.78 Å². The van der Waals surface area contributed by atoms with Gasteiger partial charge >= 0.3 is 6.61 Å². The third-order valence-electron chi connectivity index (χ3n) is 4.87. The Morgan fingerprint density at radius 3 is 2.36 bits per heavy atom. The molecule has 0 heterocycles. The topological polar surface area (TPSA) is 64.4 Å². The number of halogens is 3. The predicted molar refractivity (Wildman–Crippen MR) is 96.1 cm³/mol. The number of carbonyl (C=O) groups excluding carboxylic acids is 1. The summed E-state index contributed by atoms with van der Waals surface area (Å²) in [7, 11) is 0. The van der Waals surface area contributed by atoms with Gasteiger partial charge in [-0.15, -0.1) is 12.4 Å². The van der Waals surface area contributed by atoms with Crippen molar-refractivity contribution in [2.45, 2.75) is 58.1 Å². The van der Waals surface area contributed by atoms with E-state index in [0.29, 0.717) is 13.0 Å². The zero-order valence-corrected chi connectivity index (χ0v) is 15.3. The van der Waals surface area contributed by atoms with Crippen molar-refractivity contribution in [1.29, 1.82) is 0 Å². The standard InChI is InChI=1S/C18H26F2N2O2.ClH/c1-13(14-5-7-15(8-6-14)24-17(19)20)22-16(23)11-18(12-21)9-3-2-4-10-18;/h5-8,13,17H,2-4,9-12,21H2,1H3,(H,22,23);1H. The van der Waals surface area contributed by atoms with E-state index in [9.17, 15) is 13.6 Å². The number of amides is 1. The summed E-state index contributed by atoms with van der Waals surface area (Å²) in [5, 5.41) is 2.98. The van der Waals surface area contributed by atoms with Gasteiger partial charge in [-0.1, -0.05) is 31.4 Å². The van der Waals surface area contributed by atoms with Crippen molar-refractivity contribution in [2.75, 3.05) is 6.54 Å². The Hall–Kier alpha value is -1.40. The molecule has 0 aliphatic heterocycles. The van der Waals surface area contributed by atoms with Crippen LogP contribution >= 0.6 is 12.4 Å². The fourth-order valence-corrected chi connectivity index (χ4v) is 3.41. The number of rotatable bonds is 7. The Labute approximate surface area is 153 Å². The van der Waals surface area contributed by atoms with Crippen molar-refractivity contribution >= 4 is 18.3 Å². The first-order chi connectivity index (χ1) is 11.4. The summed E-state index contributed by atoms with van der Waals surface area (Å²) >= 11 is 0. The van der Waals surface area contributed by atoms with E-state index in [4.69, 9.17) is 5.73 Å². The van der Waals surface area contributed by atoms with Crippen LogP contribution in [-0.4, -0.2) is 19.1 Å². The largest absolute Gasteiger partial charge is 0.435 e. The molecule has 1 aromatic rings. The van der Waals surface area contributed by atoms with Crippen LogP contribution in [0.25, 0.3) is 0 Å². The van der Waals surface area contributed by atoms with Gasteiger partial charge in [-0.3, -0.25) is 4.79 Å². The number of nitrogens with two attached hydrogens (primary N) is 1. The molecular formula is C18H27ClF2N2O2. The lowest BCUT2D eigenvalue weighted by Crippen LogP contribution is -2.39. The molecule has 1 aliphatic carbocycles. The second-order valence-electron chi connectivity index (χ2n) is 6.68. The van der Waals surface area contributed by atoms with Gasteiger partial charge in [-0.2, -0.15) is 8.78 Å². The number of alkyl halides is 2. The Morgan fingerprint density at radius 2 is 1.84 bits per heavy atom. The summed E-state index contributed by atoms with van der Waals surface area (Å²) in [4.78, 5) is 12.4. The molecule has 3 N–H and O–H groups in total. The first-order valence-corrected chi connectivity index (χ1v) is 8.48. The molecule has 7 heteroatoms. The first-order valence-electron chi connectivity index (χ1n) is 8.48. The van der Waals surface area contributed by atoms with E-state index < -0.39 is 6.61 Å². The summed E-state index contributed by atoms with van der Waals surface area (Å²) < 4.78 is 28.6. The molecule has 25 heavy (non-hydrogen) atoms. The number of carbonyl (C=O) groups is 1. The highest BCUT2D eigenvalue weighted by Crippen LogP contribution is 2.38. The second-order valence-corrected chi connectivity index (χ2v) is 6.68. The van der Waals surface area contributed by atoms with Crippen LogP contribution in [0.2, 0.25) is 0 Å². The Morgan fingerprint density at radius 1 is 1.24 bits per heavy atom. The lowest BCUT2D eigenvalue weighted by molar-refractivity contribution is -0.124. The number of hydrogen-bond donors (Lipinski definition) is 2. The fraction of sp³-hybridized carbons (Fsp3) is 0.611. The molecule has 0 saturated heterocycles. The number of nitrogens with one attached hydrogen (secondary N) is 1. The maximum absolute atomic E-state index is 12.4. The van der Waals surface area contributed by atoms with Crippen LogP contribution in [-0.2, 0) is 4.79 Å². The van der Waals surface area contributed by atoms with E-state index in [1.165, 1.54) is 18.6 Å².